The van der Waals surface area contributed by atoms with Gasteiger partial charge in [-0.2, -0.15) is 0 Å². The van der Waals surface area contributed by atoms with E-state index in [1.807, 2.05) is 12.1 Å². The predicted octanol–water partition coefficient (Wildman–Crippen LogP) is 4.93. The molecular formula is C22H33NO. The summed E-state index contributed by atoms with van der Waals surface area (Å²) in [6.07, 6.45) is 13.6. The third-order valence-electron chi connectivity index (χ3n) is 6.93. The summed E-state index contributed by atoms with van der Waals surface area (Å²) < 4.78 is 0. The fourth-order valence-corrected chi connectivity index (χ4v) is 5.32. The molecule has 1 aromatic rings. The molecule has 1 aromatic carbocycles. The molecule has 2 aliphatic carbocycles. The molecule has 2 fully saturated rings. The number of hydrogen-bond acceptors (Lipinski definition) is 2. The van der Waals surface area contributed by atoms with Crippen LogP contribution in [-0.4, -0.2) is 28.6 Å². The molecular weight excluding hydrogens is 294 g/mol. The minimum absolute atomic E-state index is 0.437. The lowest BCUT2D eigenvalue weighted by Crippen LogP contribution is -2.49. The Balaban J connectivity index is 1.62. The first-order valence-corrected chi connectivity index (χ1v) is 10.3. The first-order valence-electron chi connectivity index (χ1n) is 10.3. The second-order valence-corrected chi connectivity index (χ2v) is 8.54. The van der Waals surface area contributed by atoms with Crippen molar-refractivity contribution >= 4 is 0 Å². The summed E-state index contributed by atoms with van der Waals surface area (Å²) in [6.45, 7) is 3.74. The lowest BCUT2D eigenvalue weighted by Gasteiger charge is -2.44. The van der Waals surface area contributed by atoms with E-state index in [1.54, 1.807) is 0 Å². The molecule has 2 heteroatoms. The van der Waals surface area contributed by atoms with Gasteiger partial charge in [0.25, 0.3) is 0 Å². The van der Waals surface area contributed by atoms with E-state index in [1.165, 1.54) is 75.5 Å². The van der Waals surface area contributed by atoms with Crippen molar-refractivity contribution in [1.82, 2.24) is 4.90 Å². The van der Waals surface area contributed by atoms with Crippen LogP contribution in [0.15, 0.2) is 18.2 Å². The van der Waals surface area contributed by atoms with Gasteiger partial charge in [-0.3, -0.25) is 4.90 Å². The minimum atomic E-state index is 0.437. The molecule has 2 nitrogen and oxygen atoms in total. The smallest absolute Gasteiger partial charge is 0.115 e. The average Bonchev–Trinajstić information content (AvgIpc) is 3.42. The van der Waals surface area contributed by atoms with E-state index in [2.05, 4.69) is 17.9 Å². The zero-order valence-corrected chi connectivity index (χ0v) is 15.2. The monoisotopic (exact) mass is 327 g/mol. The van der Waals surface area contributed by atoms with Gasteiger partial charge in [0.1, 0.15) is 5.75 Å². The maximum absolute atomic E-state index is 9.88. The largest absolute Gasteiger partial charge is 0.508 e. The summed E-state index contributed by atoms with van der Waals surface area (Å²) >= 11 is 0. The van der Waals surface area contributed by atoms with Crippen LogP contribution in [0.3, 0.4) is 0 Å². The van der Waals surface area contributed by atoms with Crippen LogP contribution in [-0.2, 0) is 12.8 Å². The predicted molar refractivity (Wildman–Crippen MR) is 99.4 cm³/mol. The third-order valence-corrected chi connectivity index (χ3v) is 6.93. The van der Waals surface area contributed by atoms with Gasteiger partial charge in [-0.05, 0) is 93.5 Å². The van der Waals surface area contributed by atoms with Crippen LogP contribution in [0.2, 0.25) is 0 Å². The van der Waals surface area contributed by atoms with Gasteiger partial charge in [0.05, 0.1) is 0 Å². The summed E-state index contributed by atoms with van der Waals surface area (Å²) in [5.41, 5.74) is 2.89. The Kier molecular flexibility index (Phi) is 4.85. The third kappa shape index (κ3) is 3.49. The zero-order valence-electron chi connectivity index (χ0n) is 15.2. The standard InChI is InChI=1S/C22H33NO/c1-16(17-9-10-17)23-13-5-8-19-14-21(24)12-11-20(19)15-22(23)18-6-3-2-4-7-18/h11-12,14,16-18,22,24H,2-10,13,15H2,1H3/t16-,22-/m1/s1. The van der Waals surface area contributed by atoms with Crippen LogP contribution in [0, 0.1) is 11.8 Å². The fourth-order valence-electron chi connectivity index (χ4n) is 5.32. The van der Waals surface area contributed by atoms with Crippen LogP contribution < -0.4 is 0 Å². The maximum atomic E-state index is 9.88. The quantitative estimate of drug-likeness (QED) is 0.851. The summed E-state index contributed by atoms with van der Waals surface area (Å²) in [4.78, 5) is 2.91. The van der Waals surface area contributed by atoms with Crippen molar-refractivity contribution in [2.24, 2.45) is 11.8 Å². The number of rotatable bonds is 3. The maximum Gasteiger partial charge on any atom is 0.115 e. The number of fused-ring (bicyclic) bond motifs is 1. The molecule has 4 rings (SSSR count). The number of phenolic OH excluding ortho intramolecular Hbond substituents is 1. The Hall–Kier alpha value is -1.02. The molecule has 0 unspecified atom stereocenters. The average molecular weight is 328 g/mol. The highest BCUT2D eigenvalue weighted by Crippen LogP contribution is 2.40. The number of aryl methyl sites for hydroxylation is 1. The van der Waals surface area contributed by atoms with E-state index in [0.717, 1.165) is 24.3 Å². The Labute approximate surface area is 147 Å². The van der Waals surface area contributed by atoms with E-state index < -0.39 is 0 Å². The number of benzene rings is 1. The van der Waals surface area contributed by atoms with Gasteiger partial charge in [-0.15, -0.1) is 0 Å². The summed E-state index contributed by atoms with van der Waals surface area (Å²) in [7, 11) is 0. The Morgan fingerprint density at radius 3 is 2.54 bits per heavy atom. The Morgan fingerprint density at radius 2 is 1.79 bits per heavy atom. The molecule has 132 valence electrons. The molecule has 2 saturated carbocycles. The SMILES string of the molecule is C[C@H](C1CC1)N1CCCc2cc(O)ccc2C[C@@H]1C1CCCCC1. The van der Waals surface area contributed by atoms with Crippen molar-refractivity contribution < 1.29 is 5.11 Å². The molecule has 1 N–H and O–H groups in total. The van der Waals surface area contributed by atoms with E-state index >= 15 is 0 Å². The van der Waals surface area contributed by atoms with Gasteiger partial charge in [-0.25, -0.2) is 0 Å². The van der Waals surface area contributed by atoms with Gasteiger partial charge in [-0.1, -0.05) is 25.3 Å². The molecule has 0 radical (unpaired) electrons. The molecule has 0 saturated heterocycles. The van der Waals surface area contributed by atoms with Gasteiger partial charge in [0, 0.05) is 12.1 Å². The normalized spacial score (nSPS) is 28.0. The second-order valence-electron chi connectivity index (χ2n) is 8.54. The summed E-state index contributed by atoms with van der Waals surface area (Å²) in [6, 6.07) is 7.59. The molecule has 0 spiro atoms. The van der Waals surface area contributed by atoms with Crippen molar-refractivity contribution in [3.63, 3.8) is 0 Å². The molecule has 24 heavy (non-hydrogen) atoms. The van der Waals surface area contributed by atoms with Gasteiger partial charge >= 0.3 is 0 Å². The van der Waals surface area contributed by atoms with Crippen molar-refractivity contribution in [3.05, 3.63) is 29.3 Å². The highest BCUT2D eigenvalue weighted by molar-refractivity contribution is 5.36. The lowest BCUT2D eigenvalue weighted by atomic mass is 9.78. The minimum Gasteiger partial charge on any atom is -0.508 e. The van der Waals surface area contributed by atoms with Gasteiger partial charge in [0.15, 0.2) is 0 Å². The van der Waals surface area contributed by atoms with Crippen LogP contribution in [0.1, 0.15) is 69.4 Å². The molecule has 0 aromatic heterocycles. The highest BCUT2D eigenvalue weighted by Gasteiger charge is 2.38. The van der Waals surface area contributed by atoms with E-state index in [4.69, 9.17) is 0 Å². The number of phenols is 1. The number of nitrogens with zero attached hydrogens (tertiary/aromatic N) is 1. The number of hydrogen-bond donors (Lipinski definition) is 1. The van der Waals surface area contributed by atoms with Crippen LogP contribution in [0.4, 0.5) is 0 Å². The highest BCUT2D eigenvalue weighted by atomic mass is 16.3. The Morgan fingerprint density at radius 1 is 1.00 bits per heavy atom. The molecule has 1 aliphatic heterocycles. The molecule has 2 atom stereocenters. The topological polar surface area (TPSA) is 23.5 Å². The summed E-state index contributed by atoms with van der Waals surface area (Å²) in [5.74, 6) is 2.27. The first-order chi connectivity index (χ1) is 11.7. The van der Waals surface area contributed by atoms with E-state index in [9.17, 15) is 5.11 Å². The number of aromatic hydroxyl groups is 1. The fraction of sp³-hybridized carbons (Fsp3) is 0.727. The van der Waals surface area contributed by atoms with E-state index in [-0.39, 0.29) is 0 Å². The van der Waals surface area contributed by atoms with Crippen molar-refractivity contribution in [3.8, 4) is 5.75 Å². The van der Waals surface area contributed by atoms with Crippen LogP contribution in [0.5, 0.6) is 5.75 Å². The van der Waals surface area contributed by atoms with Gasteiger partial charge < -0.3 is 5.11 Å². The van der Waals surface area contributed by atoms with E-state index in [0.29, 0.717) is 11.8 Å². The first kappa shape index (κ1) is 16.4. The van der Waals surface area contributed by atoms with Crippen molar-refractivity contribution in [2.45, 2.75) is 83.2 Å². The van der Waals surface area contributed by atoms with Gasteiger partial charge in [0.2, 0.25) is 0 Å². The zero-order chi connectivity index (χ0) is 16.5. The Bertz CT molecular complexity index is 559. The lowest BCUT2D eigenvalue weighted by molar-refractivity contribution is 0.0675. The molecule has 1 heterocycles. The van der Waals surface area contributed by atoms with Crippen LogP contribution >= 0.6 is 0 Å². The second kappa shape index (κ2) is 7.07. The molecule has 3 aliphatic rings. The molecule has 0 bridgehead atoms. The molecule has 0 amide bonds. The van der Waals surface area contributed by atoms with Crippen molar-refractivity contribution in [1.29, 1.82) is 0 Å². The van der Waals surface area contributed by atoms with Crippen LogP contribution in [0.25, 0.3) is 0 Å². The summed E-state index contributed by atoms with van der Waals surface area (Å²) in [5, 5.41) is 9.88. The van der Waals surface area contributed by atoms with Crippen molar-refractivity contribution in [2.75, 3.05) is 6.54 Å².